The van der Waals surface area contributed by atoms with E-state index in [4.69, 9.17) is 4.74 Å². The van der Waals surface area contributed by atoms with Gasteiger partial charge in [-0.15, -0.1) is 0 Å². The molecule has 2 aliphatic heterocycles. The highest BCUT2D eigenvalue weighted by Crippen LogP contribution is 2.32. The molecule has 0 saturated carbocycles. The maximum Gasteiger partial charge on any atom is 0.224 e. The quantitative estimate of drug-likeness (QED) is 0.785. The molecule has 0 radical (unpaired) electrons. The molecular formula is C24H31N3O2. The van der Waals surface area contributed by atoms with Gasteiger partial charge in [0.2, 0.25) is 5.91 Å². The molecule has 4 rings (SSSR count). The summed E-state index contributed by atoms with van der Waals surface area (Å²) in [6.07, 6.45) is 3.98. The third-order valence-corrected chi connectivity index (χ3v) is 6.21. The summed E-state index contributed by atoms with van der Waals surface area (Å²) in [7, 11) is 3.81. The van der Waals surface area contributed by atoms with Gasteiger partial charge in [-0.05, 0) is 67.2 Å². The number of likely N-dealkylation sites (N-methyl/N-ethyl adjacent to an activating group) is 1. The lowest BCUT2D eigenvalue weighted by Crippen LogP contribution is -2.37. The number of likely N-dealkylation sites (tertiary alicyclic amines) is 1. The van der Waals surface area contributed by atoms with Gasteiger partial charge in [-0.1, -0.05) is 24.3 Å². The molecule has 1 amide bonds. The van der Waals surface area contributed by atoms with E-state index in [1.807, 2.05) is 24.3 Å². The second-order valence-corrected chi connectivity index (χ2v) is 8.15. The van der Waals surface area contributed by atoms with E-state index >= 15 is 0 Å². The molecule has 0 spiro atoms. The van der Waals surface area contributed by atoms with Crippen LogP contribution in [-0.4, -0.2) is 51.1 Å². The number of benzene rings is 2. The van der Waals surface area contributed by atoms with Crippen molar-refractivity contribution in [2.45, 2.75) is 31.7 Å². The van der Waals surface area contributed by atoms with Gasteiger partial charge in [-0.3, -0.25) is 9.69 Å². The number of methoxy groups -OCH3 is 1. The van der Waals surface area contributed by atoms with E-state index in [9.17, 15) is 4.79 Å². The van der Waals surface area contributed by atoms with E-state index in [-0.39, 0.29) is 11.9 Å². The van der Waals surface area contributed by atoms with Crippen LogP contribution < -0.4 is 15.0 Å². The predicted octanol–water partition coefficient (Wildman–Crippen LogP) is 3.18. The molecule has 2 aliphatic rings. The van der Waals surface area contributed by atoms with Crippen molar-refractivity contribution in [3.63, 3.8) is 0 Å². The summed E-state index contributed by atoms with van der Waals surface area (Å²) in [6, 6.07) is 14.8. The lowest BCUT2D eigenvalue weighted by atomic mass is 10.0. The van der Waals surface area contributed by atoms with Gasteiger partial charge in [0.15, 0.2) is 0 Å². The molecule has 1 fully saturated rings. The van der Waals surface area contributed by atoms with Gasteiger partial charge in [-0.2, -0.15) is 0 Å². The van der Waals surface area contributed by atoms with E-state index in [0.717, 1.165) is 37.4 Å². The summed E-state index contributed by atoms with van der Waals surface area (Å²) < 4.78 is 5.19. The summed E-state index contributed by atoms with van der Waals surface area (Å²) in [6.45, 7) is 3.96. The molecule has 2 aromatic rings. The van der Waals surface area contributed by atoms with E-state index in [1.54, 1.807) is 7.11 Å². The van der Waals surface area contributed by atoms with Crippen LogP contribution in [0.2, 0.25) is 0 Å². The van der Waals surface area contributed by atoms with Crippen molar-refractivity contribution in [3.8, 4) is 5.75 Å². The van der Waals surface area contributed by atoms with Crippen molar-refractivity contribution in [1.82, 2.24) is 10.2 Å². The average Bonchev–Trinajstić information content (AvgIpc) is 3.39. The lowest BCUT2D eigenvalue weighted by Gasteiger charge is -2.29. The van der Waals surface area contributed by atoms with Crippen molar-refractivity contribution < 1.29 is 9.53 Å². The van der Waals surface area contributed by atoms with E-state index in [2.05, 4.69) is 40.4 Å². The SMILES string of the molecule is COc1ccc(CC(=O)NC[C@H](c2ccc3c(c2)CCN3C)N2CCCC2)cc1. The normalized spacial score (nSPS) is 17.2. The molecule has 0 bridgehead atoms. The standard InChI is InChI=1S/C24H31N3O2/c1-26-14-11-20-16-19(7-10-22(20)26)23(27-12-3-4-13-27)17-25-24(28)15-18-5-8-21(29-2)9-6-18/h5-10,16,23H,3-4,11-15,17H2,1-2H3,(H,25,28)/t23-/m1/s1. The highest BCUT2D eigenvalue weighted by atomic mass is 16.5. The smallest absolute Gasteiger partial charge is 0.224 e. The Hall–Kier alpha value is -2.53. The van der Waals surface area contributed by atoms with Crippen LogP contribution in [0.4, 0.5) is 5.69 Å². The zero-order chi connectivity index (χ0) is 20.2. The van der Waals surface area contributed by atoms with Crippen LogP contribution in [0, 0.1) is 0 Å². The third-order valence-electron chi connectivity index (χ3n) is 6.21. The highest BCUT2D eigenvalue weighted by molar-refractivity contribution is 5.78. The fraction of sp³-hybridized carbons (Fsp3) is 0.458. The van der Waals surface area contributed by atoms with Crippen LogP contribution in [0.1, 0.15) is 35.6 Å². The zero-order valence-corrected chi connectivity index (χ0v) is 17.5. The fourth-order valence-electron chi connectivity index (χ4n) is 4.51. The summed E-state index contributed by atoms with van der Waals surface area (Å²) in [5.41, 5.74) is 5.10. The van der Waals surface area contributed by atoms with Crippen LogP contribution in [-0.2, 0) is 17.6 Å². The Morgan fingerprint density at radius 2 is 1.86 bits per heavy atom. The van der Waals surface area contributed by atoms with E-state index in [0.29, 0.717) is 13.0 Å². The number of nitrogens with zero attached hydrogens (tertiary/aromatic N) is 2. The minimum Gasteiger partial charge on any atom is -0.497 e. The predicted molar refractivity (Wildman–Crippen MR) is 117 cm³/mol. The van der Waals surface area contributed by atoms with Crippen LogP contribution in [0.15, 0.2) is 42.5 Å². The van der Waals surface area contributed by atoms with Gasteiger partial charge in [0, 0.05) is 25.8 Å². The number of carbonyl (C=O) groups excluding carboxylic acids is 1. The summed E-state index contributed by atoms with van der Waals surface area (Å²) in [5.74, 6) is 0.880. The van der Waals surface area contributed by atoms with E-state index in [1.165, 1.54) is 29.7 Å². The van der Waals surface area contributed by atoms with Gasteiger partial charge in [0.25, 0.3) is 0 Å². The molecule has 1 saturated heterocycles. The Labute approximate surface area is 173 Å². The number of rotatable bonds is 7. The molecule has 154 valence electrons. The number of fused-ring (bicyclic) bond motifs is 1. The number of carbonyl (C=O) groups is 1. The molecule has 0 aliphatic carbocycles. The van der Waals surface area contributed by atoms with Crippen molar-refractivity contribution in [2.75, 3.05) is 45.2 Å². The number of hydrogen-bond donors (Lipinski definition) is 1. The van der Waals surface area contributed by atoms with Gasteiger partial charge >= 0.3 is 0 Å². The maximum absolute atomic E-state index is 12.6. The van der Waals surface area contributed by atoms with Crippen molar-refractivity contribution in [3.05, 3.63) is 59.2 Å². The Kier molecular flexibility index (Phi) is 6.05. The largest absolute Gasteiger partial charge is 0.497 e. The highest BCUT2D eigenvalue weighted by Gasteiger charge is 2.26. The van der Waals surface area contributed by atoms with Crippen LogP contribution in [0.25, 0.3) is 0 Å². The minimum absolute atomic E-state index is 0.0697. The Bertz CT molecular complexity index is 844. The van der Waals surface area contributed by atoms with Crippen LogP contribution in [0.3, 0.4) is 0 Å². The Morgan fingerprint density at radius 1 is 1.10 bits per heavy atom. The number of hydrogen-bond acceptors (Lipinski definition) is 4. The maximum atomic E-state index is 12.6. The topological polar surface area (TPSA) is 44.8 Å². The zero-order valence-electron chi connectivity index (χ0n) is 17.5. The average molecular weight is 394 g/mol. The van der Waals surface area contributed by atoms with Gasteiger partial charge in [-0.25, -0.2) is 0 Å². The van der Waals surface area contributed by atoms with Crippen molar-refractivity contribution in [1.29, 1.82) is 0 Å². The van der Waals surface area contributed by atoms with Crippen LogP contribution >= 0.6 is 0 Å². The summed E-state index contributed by atoms with van der Waals surface area (Å²) >= 11 is 0. The Balaban J connectivity index is 1.43. The molecule has 0 unspecified atom stereocenters. The minimum atomic E-state index is 0.0697. The Morgan fingerprint density at radius 3 is 2.59 bits per heavy atom. The molecule has 29 heavy (non-hydrogen) atoms. The van der Waals surface area contributed by atoms with Gasteiger partial charge in [0.1, 0.15) is 5.75 Å². The molecule has 2 aromatic carbocycles. The summed E-state index contributed by atoms with van der Waals surface area (Å²) in [4.78, 5) is 17.4. The van der Waals surface area contributed by atoms with Gasteiger partial charge < -0.3 is 15.0 Å². The number of amides is 1. The number of ether oxygens (including phenoxy) is 1. The molecule has 2 heterocycles. The molecular weight excluding hydrogens is 362 g/mol. The second kappa shape index (κ2) is 8.87. The number of anilines is 1. The molecule has 5 heteroatoms. The van der Waals surface area contributed by atoms with Gasteiger partial charge in [0.05, 0.1) is 19.6 Å². The first-order chi connectivity index (χ1) is 14.1. The van der Waals surface area contributed by atoms with Crippen molar-refractivity contribution >= 4 is 11.6 Å². The first-order valence-corrected chi connectivity index (χ1v) is 10.6. The molecule has 5 nitrogen and oxygen atoms in total. The molecule has 1 N–H and O–H groups in total. The second-order valence-electron chi connectivity index (χ2n) is 8.15. The van der Waals surface area contributed by atoms with Crippen molar-refractivity contribution in [2.24, 2.45) is 0 Å². The van der Waals surface area contributed by atoms with E-state index < -0.39 is 0 Å². The monoisotopic (exact) mass is 393 g/mol. The fourth-order valence-corrected chi connectivity index (χ4v) is 4.51. The lowest BCUT2D eigenvalue weighted by molar-refractivity contribution is -0.120. The third kappa shape index (κ3) is 4.56. The van der Waals surface area contributed by atoms with Crippen LogP contribution in [0.5, 0.6) is 5.75 Å². The first-order valence-electron chi connectivity index (χ1n) is 10.6. The first kappa shape index (κ1) is 19.8. The molecule has 0 aromatic heterocycles. The molecule has 1 atom stereocenters. The number of nitrogens with one attached hydrogen (secondary N) is 1. The summed E-state index contributed by atoms with van der Waals surface area (Å²) in [5, 5.41) is 3.19.